The van der Waals surface area contributed by atoms with Crippen molar-refractivity contribution in [3.05, 3.63) is 0 Å². The fourth-order valence-electron chi connectivity index (χ4n) is 4.70. The molecule has 0 unspecified atom stereocenters. The lowest BCUT2D eigenvalue weighted by molar-refractivity contribution is -0.150. The second-order valence-corrected chi connectivity index (χ2v) is 12.3. The highest BCUT2D eigenvalue weighted by atomic mass is 16.6. The van der Waals surface area contributed by atoms with Gasteiger partial charge in [-0.2, -0.15) is 0 Å². The molecule has 0 rings (SSSR count). The number of amides is 1. The summed E-state index contributed by atoms with van der Waals surface area (Å²) in [4.78, 5) is 24.1. The van der Waals surface area contributed by atoms with Gasteiger partial charge >= 0.3 is 12.1 Å². The van der Waals surface area contributed by atoms with Crippen molar-refractivity contribution >= 4 is 12.1 Å². The molecule has 0 saturated carbocycles. The summed E-state index contributed by atoms with van der Waals surface area (Å²) < 4.78 is 11.2. The Morgan fingerprint density at radius 3 is 1.67 bits per heavy atom. The Hall–Kier alpha value is -1.30. The smallest absolute Gasteiger partial charge is 0.407 e. The molecule has 0 radical (unpaired) electrons. The third kappa shape index (κ3) is 29.5. The van der Waals surface area contributed by atoms with Crippen LogP contribution < -0.4 is 10.6 Å². The summed E-state index contributed by atoms with van der Waals surface area (Å²) in [5.41, 5.74) is -0.453. The molecule has 0 saturated heterocycles. The van der Waals surface area contributed by atoms with Gasteiger partial charge in [0.2, 0.25) is 0 Å². The van der Waals surface area contributed by atoms with Crippen LogP contribution in [0.5, 0.6) is 0 Å². The van der Waals surface area contributed by atoms with E-state index in [0.717, 1.165) is 58.0 Å². The number of hydrogen-bond donors (Lipinski definition) is 2. The summed E-state index contributed by atoms with van der Waals surface area (Å²) in [7, 11) is 0. The molecule has 232 valence electrons. The molecule has 6 heteroatoms. The van der Waals surface area contributed by atoms with Gasteiger partial charge in [0, 0.05) is 13.0 Å². The second kappa shape index (κ2) is 26.9. The minimum Gasteiger partial charge on any atom is -0.462 e. The molecule has 0 aromatic heterocycles. The number of nitrogens with one attached hydrogen (secondary N) is 2. The van der Waals surface area contributed by atoms with E-state index in [2.05, 4.69) is 24.5 Å². The highest BCUT2D eigenvalue weighted by molar-refractivity contribution is 5.69. The second-order valence-electron chi connectivity index (χ2n) is 12.3. The van der Waals surface area contributed by atoms with Crippen LogP contribution in [0.1, 0.15) is 169 Å². The molecule has 0 aliphatic rings. The zero-order valence-electron chi connectivity index (χ0n) is 26.7. The van der Waals surface area contributed by atoms with E-state index >= 15 is 0 Å². The van der Waals surface area contributed by atoms with Crippen molar-refractivity contribution in [3.8, 4) is 0 Å². The first-order chi connectivity index (χ1) is 18.8. The fourth-order valence-corrected chi connectivity index (χ4v) is 4.70. The lowest BCUT2D eigenvalue weighted by Crippen LogP contribution is -2.34. The number of esters is 1. The topological polar surface area (TPSA) is 76.7 Å². The Balaban J connectivity index is 3.84. The maximum absolute atomic E-state index is 12.5. The van der Waals surface area contributed by atoms with Gasteiger partial charge in [-0.3, -0.25) is 4.79 Å². The fraction of sp³-hybridized carbons (Fsp3) is 0.939. The molecule has 0 aromatic carbocycles. The van der Waals surface area contributed by atoms with E-state index in [4.69, 9.17) is 9.47 Å². The molecule has 0 bridgehead atoms. The van der Waals surface area contributed by atoms with Gasteiger partial charge in [-0.25, -0.2) is 4.79 Å². The molecule has 1 amide bonds. The van der Waals surface area contributed by atoms with Crippen LogP contribution >= 0.6 is 0 Å². The van der Waals surface area contributed by atoms with E-state index in [1.165, 1.54) is 83.5 Å². The predicted molar refractivity (Wildman–Crippen MR) is 165 cm³/mol. The summed E-state index contributed by atoms with van der Waals surface area (Å²) >= 11 is 0. The minimum absolute atomic E-state index is 0.0126. The zero-order chi connectivity index (χ0) is 29.0. The van der Waals surface area contributed by atoms with Gasteiger partial charge < -0.3 is 20.1 Å². The molecule has 39 heavy (non-hydrogen) atoms. The number of ether oxygens (including phenoxy) is 2. The molecule has 0 spiro atoms. The standard InChI is InChI=1S/C33H66N2O4/c1-6-8-10-12-15-19-24-30(25-20-16-13-11-9-7-2)38-31(36)26-21-17-14-18-22-27-34-28-23-29-35-32(37)39-33(3,4)5/h30,34H,6-29H2,1-5H3,(H,35,37). The van der Waals surface area contributed by atoms with Crippen LogP contribution in [-0.4, -0.2) is 43.4 Å². The van der Waals surface area contributed by atoms with Crippen molar-refractivity contribution in [2.24, 2.45) is 0 Å². The van der Waals surface area contributed by atoms with E-state index in [1.54, 1.807) is 0 Å². The molecule has 0 aromatic rings. The van der Waals surface area contributed by atoms with E-state index in [1.807, 2.05) is 20.8 Å². The molecular weight excluding hydrogens is 488 g/mol. The SMILES string of the molecule is CCCCCCCCC(CCCCCCCC)OC(=O)CCCCCCCNCCCNC(=O)OC(C)(C)C. The Morgan fingerprint density at radius 1 is 0.615 bits per heavy atom. The first kappa shape index (κ1) is 37.7. The Bertz CT molecular complexity index is 546. The van der Waals surface area contributed by atoms with Crippen LogP contribution in [0.15, 0.2) is 0 Å². The van der Waals surface area contributed by atoms with E-state index in [-0.39, 0.29) is 18.2 Å². The number of hydrogen-bond acceptors (Lipinski definition) is 5. The van der Waals surface area contributed by atoms with Gasteiger partial charge in [0.05, 0.1) is 0 Å². The van der Waals surface area contributed by atoms with Crippen molar-refractivity contribution in [1.82, 2.24) is 10.6 Å². The molecule has 6 nitrogen and oxygen atoms in total. The normalized spacial score (nSPS) is 11.6. The van der Waals surface area contributed by atoms with Gasteiger partial charge in [-0.1, -0.05) is 97.3 Å². The number of rotatable bonds is 27. The van der Waals surface area contributed by atoms with Gasteiger partial charge in [0.1, 0.15) is 11.7 Å². The molecule has 0 fully saturated rings. The Morgan fingerprint density at radius 2 is 1.10 bits per heavy atom. The van der Waals surface area contributed by atoms with Crippen LogP contribution in [0.25, 0.3) is 0 Å². The van der Waals surface area contributed by atoms with E-state index in [0.29, 0.717) is 13.0 Å². The highest BCUT2D eigenvalue weighted by Crippen LogP contribution is 2.18. The van der Waals surface area contributed by atoms with Crippen molar-refractivity contribution in [2.75, 3.05) is 19.6 Å². The summed E-state index contributed by atoms with van der Waals surface area (Å²) in [6.07, 6.45) is 24.2. The van der Waals surface area contributed by atoms with Crippen LogP contribution in [0, 0.1) is 0 Å². The van der Waals surface area contributed by atoms with Crippen LogP contribution in [0.3, 0.4) is 0 Å². The van der Waals surface area contributed by atoms with Crippen molar-refractivity contribution < 1.29 is 19.1 Å². The van der Waals surface area contributed by atoms with Gasteiger partial charge in [-0.15, -0.1) is 0 Å². The molecular formula is C33H66N2O4. The quantitative estimate of drug-likeness (QED) is 0.0781. The van der Waals surface area contributed by atoms with Crippen molar-refractivity contribution in [1.29, 1.82) is 0 Å². The van der Waals surface area contributed by atoms with Crippen LogP contribution in [0.2, 0.25) is 0 Å². The Kier molecular flexibility index (Phi) is 26.0. The number of unbranched alkanes of at least 4 members (excludes halogenated alkanes) is 14. The molecule has 0 heterocycles. The first-order valence-electron chi connectivity index (χ1n) is 16.7. The van der Waals surface area contributed by atoms with Gasteiger partial charge in [0.25, 0.3) is 0 Å². The van der Waals surface area contributed by atoms with Crippen molar-refractivity contribution in [2.45, 2.75) is 181 Å². The zero-order valence-corrected chi connectivity index (χ0v) is 26.7. The maximum Gasteiger partial charge on any atom is 0.407 e. The number of alkyl carbamates (subject to hydrolysis) is 1. The molecule has 0 aliphatic carbocycles. The lowest BCUT2D eigenvalue weighted by atomic mass is 10.0. The maximum atomic E-state index is 12.5. The number of carbonyl (C=O) groups excluding carboxylic acids is 2. The molecule has 2 N–H and O–H groups in total. The minimum atomic E-state index is -0.453. The van der Waals surface area contributed by atoms with E-state index < -0.39 is 5.60 Å². The Labute approximate surface area is 242 Å². The van der Waals surface area contributed by atoms with Crippen LogP contribution in [-0.2, 0) is 14.3 Å². The highest BCUT2D eigenvalue weighted by Gasteiger charge is 2.15. The summed E-state index contributed by atoms with van der Waals surface area (Å²) in [6.45, 7) is 12.6. The molecule has 0 aliphatic heterocycles. The first-order valence-corrected chi connectivity index (χ1v) is 16.7. The summed E-state index contributed by atoms with van der Waals surface area (Å²) in [5.74, 6) is 0.0126. The lowest BCUT2D eigenvalue weighted by Gasteiger charge is -2.19. The average molecular weight is 555 g/mol. The van der Waals surface area contributed by atoms with Gasteiger partial charge in [0.15, 0.2) is 0 Å². The van der Waals surface area contributed by atoms with Crippen molar-refractivity contribution in [3.63, 3.8) is 0 Å². The average Bonchev–Trinajstić information content (AvgIpc) is 2.87. The third-order valence-corrected chi connectivity index (χ3v) is 6.99. The monoisotopic (exact) mass is 555 g/mol. The molecule has 0 atom stereocenters. The summed E-state index contributed by atoms with van der Waals surface area (Å²) in [6, 6.07) is 0. The summed E-state index contributed by atoms with van der Waals surface area (Å²) in [5, 5.41) is 6.22. The van der Waals surface area contributed by atoms with E-state index in [9.17, 15) is 9.59 Å². The largest absolute Gasteiger partial charge is 0.462 e. The van der Waals surface area contributed by atoms with Gasteiger partial charge in [-0.05, 0) is 78.8 Å². The third-order valence-electron chi connectivity index (χ3n) is 6.99. The van der Waals surface area contributed by atoms with Crippen LogP contribution in [0.4, 0.5) is 4.79 Å². The number of carbonyl (C=O) groups is 2. The predicted octanol–water partition coefficient (Wildman–Crippen LogP) is 9.24.